The molecule has 0 spiro atoms. The van der Waals surface area contributed by atoms with E-state index in [9.17, 15) is 0 Å². The fraction of sp³-hybridized carbons (Fsp3) is 0. The summed E-state index contributed by atoms with van der Waals surface area (Å²) in [6.07, 6.45) is 0. The second-order valence-electron chi connectivity index (χ2n) is 8.70. The highest BCUT2D eigenvalue weighted by atomic mass is 16.5. The van der Waals surface area contributed by atoms with Crippen molar-refractivity contribution in [2.24, 2.45) is 0 Å². The molecule has 160 valence electrons. The number of rotatable bonds is 1. The third-order valence-electron chi connectivity index (χ3n) is 6.75. The number of aromatic nitrogens is 1. The fourth-order valence-electron chi connectivity index (χ4n) is 5.25. The van der Waals surface area contributed by atoms with E-state index in [-0.39, 0.29) is 0 Å². The van der Waals surface area contributed by atoms with Crippen molar-refractivity contribution in [1.82, 2.24) is 4.98 Å². The maximum Gasteiger partial charge on any atom is 0.165 e. The van der Waals surface area contributed by atoms with Gasteiger partial charge in [-0.25, -0.2) is 0 Å². The zero-order valence-corrected chi connectivity index (χ0v) is 18.1. The number of ether oxygens (including phenoxy) is 2. The van der Waals surface area contributed by atoms with E-state index in [1.165, 1.54) is 11.1 Å². The Morgan fingerprint density at radius 1 is 0.559 bits per heavy atom. The van der Waals surface area contributed by atoms with Crippen molar-refractivity contribution in [3.63, 3.8) is 0 Å². The molecular weight excluding hydrogens is 420 g/mol. The first-order valence-corrected chi connectivity index (χ1v) is 11.4. The topological polar surface area (TPSA) is 37.5 Å². The maximum absolute atomic E-state index is 6.62. The number of hydrogen-bond acceptors (Lipinski definition) is 3. The Bertz CT molecular complexity index is 1760. The van der Waals surface area contributed by atoms with E-state index in [0.717, 1.165) is 61.9 Å². The summed E-state index contributed by atoms with van der Waals surface area (Å²) >= 11 is 0. The van der Waals surface area contributed by atoms with E-state index in [4.69, 9.17) is 9.47 Å². The molecule has 0 saturated carbocycles. The van der Waals surface area contributed by atoms with Crippen LogP contribution in [0.5, 0.6) is 23.0 Å². The lowest BCUT2D eigenvalue weighted by molar-refractivity contribution is 0.450. The Morgan fingerprint density at radius 2 is 1.26 bits per heavy atom. The summed E-state index contributed by atoms with van der Waals surface area (Å²) in [5, 5.41) is 2.20. The van der Waals surface area contributed by atoms with Crippen molar-refractivity contribution in [2.45, 2.75) is 0 Å². The minimum atomic E-state index is 0.783. The van der Waals surface area contributed by atoms with E-state index in [2.05, 4.69) is 70.5 Å². The molecule has 2 aliphatic rings. The molecule has 0 atom stereocenters. The normalized spacial score (nSPS) is 13.1. The second kappa shape index (κ2) is 6.42. The lowest BCUT2D eigenvalue weighted by Crippen LogP contribution is -2.20. The number of hydrogen-bond donors (Lipinski definition) is 1. The van der Waals surface area contributed by atoms with E-state index in [1.807, 2.05) is 42.5 Å². The molecule has 0 unspecified atom stereocenters. The molecule has 4 heteroatoms. The Morgan fingerprint density at radius 3 is 2.06 bits per heavy atom. The highest BCUT2D eigenvalue weighted by molar-refractivity contribution is 6.16. The van der Waals surface area contributed by atoms with Crippen molar-refractivity contribution in [1.29, 1.82) is 0 Å². The van der Waals surface area contributed by atoms with Crippen LogP contribution >= 0.6 is 0 Å². The van der Waals surface area contributed by atoms with E-state index >= 15 is 0 Å². The molecule has 1 aromatic heterocycles. The number of H-pyrrole nitrogens is 1. The Kier molecular flexibility index (Phi) is 3.36. The van der Waals surface area contributed by atoms with Gasteiger partial charge in [0, 0.05) is 17.0 Å². The summed E-state index contributed by atoms with van der Waals surface area (Å²) in [7, 11) is 0. The van der Waals surface area contributed by atoms with Crippen molar-refractivity contribution >= 4 is 38.9 Å². The maximum atomic E-state index is 6.62. The quantitative estimate of drug-likeness (QED) is 0.279. The molecule has 0 aliphatic carbocycles. The monoisotopic (exact) mass is 438 g/mol. The van der Waals surface area contributed by atoms with Gasteiger partial charge in [-0.05, 0) is 47.5 Å². The molecular formula is C30H18N2O2. The first-order valence-electron chi connectivity index (χ1n) is 11.4. The van der Waals surface area contributed by atoms with Crippen LogP contribution in [0.3, 0.4) is 0 Å². The Hall–Kier alpha value is -4.70. The molecule has 0 saturated heterocycles. The zero-order valence-electron chi connectivity index (χ0n) is 18.1. The molecule has 5 aromatic carbocycles. The van der Waals surface area contributed by atoms with Gasteiger partial charge in [0.25, 0.3) is 0 Å². The lowest BCUT2D eigenvalue weighted by Gasteiger charge is -2.38. The lowest BCUT2D eigenvalue weighted by atomic mass is 10.0. The molecule has 6 aromatic rings. The molecule has 34 heavy (non-hydrogen) atoms. The van der Waals surface area contributed by atoms with Crippen LogP contribution in [0.25, 0.3) is 32.9 Å². The van der Waals surface area contributed by atoms with Crippen LogP contribution in [-0.2, 0) is 0 Å². The van der Waals surface area contributed by atoms with Gasteiger partial charge in [0.2, 0.25) is 0 Å². The van der Waals surface area contributed by atoms with Crippen LogP contribution < -0.4 is 14.4 Å². The average Bonchev–Trinajstić information content (AvgIpc) is 3.26. The van der Waals surface area contributed by atoms with Gasteiger partial charge in [-0.15, -0.1) is 0 Å². The molecule has 0 bridgehead atoms. The Labute approximate surface area is 195 Å². The SMILES string of the molecule is c1ccc(-c2ccc3[nH]c4cc5c6c(c4c3c2)Oc2ccccc2N6c2ccccc2O5)cc1. The van der Waals surface area contributed by atoms with Gasteiger partial charge in [-0.1, -0.05) is 60.7 Å². The minimum Gasteiger partial charge on any atom is -0.453 e. The first-order chi connectivity index (χ1) is 16.8. The summed E-state index contributed by atoms with van der Waals surface area (Å²) in [6, 6.07) is 35.4. The number of anilines is 3. The smallest absolute Gasteiger partial charge is 0.165 e. The summed E-state index contributed by atoms with van der Waals surface area (Å²) in [6.45, 7) is 0. The predicted octanol–water partition coefficient (Wildman–Crippen LogP) is 8.67. The molecule has 0 fully saturated rings. The number of fused-ring (bicyclic) bond motifs is 8. The van der Waals surface area contributed by atoms with Gasteiger partial charge >= 0.3 is 0 Å². The van der Waals surface area contributed by atoms with Crippen LogP contribution in [0.15, 0.2) is 103 Å². The summed E-state index contributed by atoms with van der Waals surface area (Å²) in [4.78, 5) is 5.86. The summed E-state index contributed by atoms with van der Waals surface area (Å²) in [5.74, 6) is 3.26. The van der Waals surface area contributed by atoms with Gasteiger partial charge in [0.15, 0.2) is 23.0 Å². The standard InChI is InChI=1S/C30H18N2O2/c1-2-8-18(9-3-1)19-14-15-21-20(16-19)28-22(31-21)17-27-29-30(28)34-26-13-7-5-11-24(26)32(29)23-10-4-6-12-25(23)33-27/h1-17,31H. The highest BCUT2D eigenvalue weighted by Crippen LogP contribution is 2.62. The number of para-hydroxylation sites is 4. The number of benzene rings is 5. The number of nitrogens with one attached hydrogen (secondary N) is 1. The zero-order chi connectivity index (χ0) is 22.2. The molecule has 1 N–H and O–H groups in total. The van der Waals surface area contributed by atoms with Gasteiger partial charge in [-0.3, -0.25) is 4.90 Å². The summed E-state index contributed by atoms with van der Waals surface area (Å²) < 4.78 is 13.0. The Balaban J connectivity index is 1.47. The van der Waals surface area contributed by atoms with Crippen molar-refractivity contribution in [2.75, 3.05) is 4.90 Å². The minimum absolute atomic E-state index is 0.783. The van der Waals surface area contributed by atoms with Crippen LogP contribution in [0.2, 0.25) is 0 Å². The average molecular weight is 438 g/mol. The van der Waals surface area contributed by atoms with E-state index in [1.54, 1.807) is 0 Å². The van der Waals surface area contributed by atoms with Gasteiger partial charge < -0.3 is 14.5 Å². The van der Waals surface area contributed by atoms with E-state index < -0.39 is 0 Å². The van der Waals surface area contributed by atoms with Gasteiger partial charge in [0.1, 0.15) is 5.69 Å². The third kappa shape index (κ3) is 2.32. The van der Waals surface area contributed by atoms with Crippen LogP contribution in [0.4, 0.5) is 17.1 Å². The van der Waals surface area contributed by atoms with E-state index in [0.29, 0.717) is 0 Å². The second-order valence-corrected chi connectivity index (χ2v) is 8.70. The van der Waals surface area contributed by atoms with Gasteiger partial charge in [-0.2, -0.15) is 0 Å². The molecule has 8 rings (SSSR count). The molecule has 2 aliphatic heterocycles. The van der Waals surface area contributed by atoms with Crippen LogP contribution in [0, 0.1) is 0 Å². The number of nitrogens with zero attached hydrogens (tertiary/aromatic N) is 1. The van der Waals surface area contributed by atoms with Crippen molar-refractivity contribution in [3.8, 4) is 34.1 Å². The summed E-state index contributed by atoms with van der Waals surface area (Å²) in [5.41, 5.74) is 7.39. The largest absolute Gasteiger partial charge is 0.453 e. The molecule has 3 heterocycles. The molecule has 0 radical (unpaired) electrons. The van der Waals surface area contributed by atoms with Crippen LogP contribution in [-0.4, -0.2) is 4.98 Å². The third-order valence-corrected chi connectivity index (χ3v) is 6.75. The van der Waals surface area contributed by atoms with Crippen molar-refractivity contribution in [3.05, 3.63) is 103 Å². The fourth-order valence-corrected chi connectivity index (χ4v) is 5.25. The van der Waals surface area contributed by atoms with Crippen LogP contribution in [0.1, 0.15) is 0 Å². The predicted molar refractivity (Wildman–Crippen MR) is 136 cm³/mol. The molecule has 4 nitrogen and oxygen atoms in total. The van der Waals surface area contributed by atoms with Crippen molar-refractivity contribution < 1.29 is 9.47 Å². The molecule has 0 amide bonds. The number of aromatic amines is 1. The van der Waals surface area contributed by atoms with Gasteiger partial charge in [0.05, 0.1) is 22.3 Å². The first kappa shape index (κ1) is 17.8. The highest BCUT2D eigenvalue weighted by Gasteiger charge is 2.36.